The van der Waals surface area contributed by atoms with Crippen molar-refractivity contribution in [3.63, 3.8) is 0 Å². The smallest absolute Gasteiger partial charge is 0.413 e. The summed E-state index contributed by atoms with van der Waals surface area (Å²) in [6.07, 6.45) is 1.95. The first-order valence-electron chi connectivity index (χ1n) is 13.2. The zero-order valence-electron chi connectivity index (χ0n) is 24.0. The Balaban J connectivity index is 1.70. The maximum absolute atomic E-state index is 13.6. The maximum atomic E-state index is 13.6. The van der Waals surface area contributed by atoms with Crippen molar-refractivity contribution < 1.29 is 53.1 Å². The Kier molecular flexibility index (Phi) is 9.70. The van der Waals surface area contributed by atoms with Crippen molar-refractivity contribution >= 4 is 46.9 Å². The largest absolute Gasteiger partial charge is 0.497 e. The van der Waals surface area contributed by atoms with Crippen LogP contribution in [-0.4, -0.2) is 90.4 Å². The van der Waals surface area contributed by atoms with E-state index in [9.17, 15) is 24.0 Å². The first-order valence-corrected chi connectivity index (χ1v) is 13.2. The van der Waals surface area contributed by atoms with Gasteiger partial charge in [0, 0.05) is 41.3 Å². The molecule has 0 atom stereocenters. The molecule has 44 heavy (non-hydrogen) atoms. The summed E-state index contributed by atoms with van der Waals surface area (Å²) in [7, 11) is 5.52. The molecule has 4 rings (SSSR count). The van der Waals surface area contributed by atoms with Gasteiger partial charge in [0.15, 0.2) is 11.5 Å². The van der Waals surface area contributed by atoms with Gasteiger partial charge in [-0.15, -0.1) is 0 Å². The molecule has 2 amide bonds. The second kappa shape index (κ2) is 13.6. The summed E-state index contributed by atoms with van der Waals surface area (Å²) < 4.78 is 23.6. The van der Waals surface area contributed by atoms with Crippen LogP contribution in [0.1, 0.15) is 22.3 Å². The molecule has 15 nitrogen and oxygen atoms in total. The van der Waals surface area contributed by atoms with E-state index >= 15 is 0 Å². The second-order valence-electron chi connectivity index (χ2n) is 9.83. The molecule has 2 heterocycles. The summed E-state index contributed by atoms with van der Waals surface area (Å²) >= 11 is 0. The normalized spacial score (nSPS) is 13.0. The second-order valence-corrected chi connectivity index (χ2v) is 9.83. The van der Waals surface area contributed by atoms with E-state index in [0.29, 0.717) is 17.9 Å². The predicted molar refractivity (Wildman–Crippen MR) is 154 cm³/mol. The summed E-state index contributed by atoms with van der Waals surface area (Å²) in [6, 6.07) is 7.83. The van der Waals surface area contributed by atoms with Crippen LogP contribution in [0.15, 0.2) is 42.3 Å². The molecule has 0 saturated heterocycles. The number of aromatic nitrogens is 1. The van der Waals surface area contributed by atoms with Crippen LogP contribution in [-0.2, 0) is 16.1 Å². The number of rotatable bonds is 12. The van der Waals surface area contributed by atoms with Crippen LogP contribution in [0.25, 0.3) is 17.0 Å². The van der Waals surface area contributed by atoms with Crippen molar-refractivity contribution in [3.8, 4) is 23.0 Å². The Morgan fingerprint density at radius 3 is 2.30 bits per heavy atom. The molecule has 0 spiro atoms. The Morgan fingerprint density at radius 2 is 1.66 bits per heavy atom. The number of allylic oxidation sites excluding steroid dienone is 1. The van der Waals surface area contributed by atoms with Gasteiger partial charge in [-0.2, -0.15) is 0 Å². The fourth-order valence-electron chi connectivity index (χ4n) is 4.40. The minimum Gasteiger partial charge on any atom is -0.497 e. The third kappa shape index (κ3) is 7.63. The number of carboxylic acids is 2. The molecule has 0 bridgehead atoms. The first kappa shape index (κ1) is 31.4. The quantitative estimate of drug-likeness (QED) is 0.219. The highest BCUT2D eigenvalue weighted by molar-refractivity contribution is 6.17. The lowest BCUT2D eigenvalue weighted by Crippen LogP contribution is -2.32. The minimum absolute atomic E-state index is 0.113. The SMILES string of the molecule is COc1ccc2c(c1)c(C=C1Oc3cc(OC(=O)NCC(=O)O)cc(OC(=O)NCC(=O)O)c3C1=O)cn2CCCN(C)C. The lowest BCUT2D eigenvalue weighted by Gasteiger charge is -2.11. The van der Waals surface area contributed by atoms with Gasteiger partial charge in [0.25, 0.3) is 0 Å². The summed E-state index contributed by atoms with van der Waals surface area (Å²) in [5.74, 6) is -3.56. The lowest BCUT2D eigenvalue weighted by atomic mass is 10.1. The van der Waals surface area contributed by atoms with Gasteiger partial charge in [-0.25, -0.2) is 9.59 Å². The number of hydrogen-bond acceptors (Lipinski definition) is 10. The predicted octanol–water partition coefficient (Wildman–Crippen LogP) is 2.56. The molecule has 2 aromatic carbocycles. The van der Waals surface area contributed by atoms with E-state index in [1.54, 1.807) is 7.11 Å². The van der Waals surface area contributed by atoms with Crippen molar-refractivity contribution in [2.24, 2.45) is 0 Å². The van der Waals surface area contributed by atoms with Crippen molar-refractivity contribution in [2.75, 3.05) is 40.8 Å². The first-order chi connectivity index (χ1) is 20.9. The number of methoxy groups -OCH3 is 1. The van der Waals surface area contributed by atoms with Crippen molar-refractivity contribution in [2.45, 2.75) is 13.0 Å². The Labute approximate surface area is 250 Å². The van der Waals surface area contributed by atoms with Gasteiger partial charge in [0.2, 0.25) is 5.78 Å². The van der Waals surface area contributed by atoms with Crippen LogP contribution in [0.3, 0.4) is 0 Å². The van der Waals surface area contributed by atoms with E-state index < -0.39 is 43.0 Å². The number of ketones is 1. The number of nitrogens with zero attached hydrogens (tertiary/aromatic N) is 2. The van der Waals surface area contributed by atoms with Gasteiger partial charge >= 0.3 is 24.1 Å². The number of nitrogens with one attached hydrogen (secondary N) is 2. The number of amides is 2. The van der Waals surface area contributed by atoms with Crippen molar-refractivity contribution in [1.82, 2.24) is 20.1 Å². The number of hydrogen-bond donors (Lipinski definition) is 4. The number of ether oxygens (including phenoxy) is 4. The standard InChI is InChI=1S/C29H30N4O11/c1-32(2)7-4-8-33-15-16(19-10-17(41-3)5-6-20(19)33)9-23-27(38)26-21(43-23)11-18(42-28(39)30-13-24(34)35)12-22(26)44-29(40)31-14-25(36)37/h5-6,9-12,15H,4,7-8,13-14H2,1-3H3,(H,30,39)(H,31,40)(H,34,35)(H,36,37). The maximum Gasteiger partial charge on any atom is 0.413 e. The van der Waals surface area contributed by atoms with Crippen LogP contribution < -0.4 is 29.6 Å². The zero-order valence-corrected chi connectivity index (χ0v) is 24.0. The molecule has 15 heteroatoms. The average Bonchev–Trinajstić information content (AvgIpc) is 3.46. The summed E-state index contributed by atoms with van der Waals surface area (Å²) in [4.78, 5) is 61.6. The molecular formula is C29H30N4O11. The number of carbonyl (C=O) groups excluding carboxylic acids is 3. The molecule has 0 radical (unpaired) electrons. The van der Waals surface area contributed by atoms with Gasteiger partial charge in [0.1, 0.15) is 35.9 Å². The molecule has 4 N–H and O–H groups in total. The minimum atomic E-state index is -1.33. The number of aryl methyl sites for hydroxylation is 1. The number of fused-ring (bicyclic) bond motifs is 2. The van der Waals surface area contributed by atoms with E-state index in [1.807, 2.05) is 49.1 Å². The molecule has 232 valence electrons. The molecule has 1 aliphatic heterocycles. The number of Topliss-reactive ketones (excluding diaryl/α,β-unsaturated/α-hetero) is 1. The molecule has 3 aromatic rings. The van der Waals surface area contributed by atoms with Gasteiger partial charge in [-0.1, -0.05) is 0 Å². The van der Waals surface area contributed by atoms with Gasteiger partial charge in [0.05, 0.1) is 7.11 Å². The van der Waals surface area contributed by atoms with Gasteiger partial charge < -0.3 is 49.3 Å². The molecule has 1 aliphatic rings. The number of carboxylic acid groups (broad SMARTS) is 2. The molecule has 0 unspecified atom stereocenters. The molecule has 1 aromatic heterocycles. The highest BCUT2D eigenvalue weighted by Crippen LogP contribution is 2.42. The van der Waals surface area contributed by atoms with Crippen molar-refractivity contribution in [1.29, 1.82) is 0 Å². The third-order valence-electron chi connectivity index (χ3n) is 6.30. The van der Waals surface area contributed by atoms with Crippen LogP contribution in [0.2, 0.25) is 0 Å². The Hall–Kier alpha value is -5.57. The van der Waals surface area contributed by atoms with E-state index in [1.165, 1.54) is 12.1 Å². The van der Waals surface area contributed by atoms with Crippen LogP contribution in [0, 0.1) is 0 Å². The Morgan fingerprint density at radius 1 is 0.977 bits per heavy atom. The number of carbonyl (C=O) groups is 5. The van der Waals surface area contributed by atoms with Crippen LogP contribution in [0.5, 0.6) is 23.0 Å². The Bertz CT molecular complexity index is 1660. The monoisotopic (exact) mass is 610 g/mol. The van der Waals surface area contributed by atoms with Gasteiger partial charge in [-0.05, 0) is 51.3 Å². The summed E-state index contributed by atoms with van der Waals surface area (Å²) in [5, 5.41) is 22.4. The summed E-state index contributed by atoms with van der Waals surface area (Å²) in [6.45, 7) is 0.0879. The van der Waals surface area contributed by atoms with Crippen molar-refractivity contribution in [3.05, 3.63) is 53.4 Å². The van der Waals surface area contributed by atoms with E-state index in [-0.39, 0.29) is 28.6 Å². The summed E-state index contributed by atoms with van der Waals surface area (Å²) in [5.41, 5.74) is 1.37. The molecular weight excluding hydrogens is 580 g/mol. The zero-order chi connectivity index (χ0) is 32.0. The van der Waals surface area contributed by atoms with E-state index in [0.717, 1.165) is 29.9 Å². The lowest BCUT2D eigenvalue weighted by molar-refractivity contribution is -0.136. The molecule has 0 saturated carbocycles. The highest BCUT2D eigenvalue weighted by Gasteiger charge is 2.34. The number of benzene rings is 2. The van der Waals surface area contributed by atoms with Gasteiger partial charge in [-0.3, -0.25) is 14.4 Å². The molecule has 0 fully saturated rings. The van der Waals surface area contributed by atoms with Crippen LogP contribution >= 0.6 is 0 Å². The fourth-order valence-corrected chi connectivity index (χ4v) is 4.40. The highest BCUT2D eigenvalue weighted by atomic mass is 16.6. The third-order valence-corrected chi connectivity index (χ3v) is 6.30. The number of aliphatic carboxylic acids is 2. The van der Waals surface area contributed by atoms with Crippen LogP contribution in [0.4, 0.5) is 9.59 Å². The molecule has 0 aliphatic carbocycles. The topological polar surface area (TPSA) is 195 Å². The van der Waals surface area contributed by atoms with E-state index in [2.05, 4.69) is 9.47 Å². The average molecular weight is 611 g/mol. The fraction of sp³-hybridized carbons (Fsp3) is 0.276. The van der Waals surface area contributed by atoms with E-state index in [4.69, 9.17) is 29.2 Å².